The summed E-state index contributed by atoms with van der Waals surface area (Å²) in [5, 5.41) is 9.47. The Kier molecular flexibility index (Phi) is 7.00. The van der Waals surface area contributed by atoms with Crippen LogP contribution in [0.1, 0.15) is 88.6 Å². The largest absolute Gasteiger partial charge is 0.481 e. The van der Waals surface area contributed by atoms with E-state index in [2.05, 4.69) is 10.6 Å². The molecule has 1 aliphatic heterocycles. The number of benzene rings is 1. The van der Waals surface area contributed by atoms with Gasteiger partial charge in [0.1, 0.15) is 12.4 Å². The van der Waals surface area contributed by atoms with Crippen LogP contribution < -0.4 is 4.90 Å². The van der Waals surface area contributed by atoms with E-state index in [9.17, 15) is 14.7 Å². The Morgan fingerprint density at radius 2 is 1.80 bits per heavy atom. The summed E-state index contributed by atoms with van der Waals surface area (Å²) in [6, 6.07) is 4.37. The summed E-state index contributed by atoms with van der Waals surface area (Å²) >= 11 is 0. The van der Waals surface area contributed by atoms with E-state index in [0.717, 1.165) is 66.6 Å². The van der Waals surface area contributed by atoms with Crippen molar-refractivity contribution in [1.29, 1.82) is 0 Å². The van der Waals surface area contributed by atoms with Gasteiger partial charge in [-0.2, -0.15) is 0 Å². The minimum atomic E-state index is -0.689. The molecule has 3 aliphatic rings. The summed E-state index contributed by atoms with van der Waals surface area (Å²) < 4.78 is 13.8. The molecule has 2 fully saturated rings. The van der Waals surface area contributed by atoms with Crippen molar-refractivity contribution in [2.45, 2.75) is 102 Å². The first-order valence-corrected chi connectivity index (χ1v) is 13.2. The molecule has 1 atom stereocenters. The van der Waals surface area contributed by atoms with Gasteiger partial charge in [0, 0.05) is 17.6 Å². The molecule has 1 aromatic heterocycles. The van der Waals surface area contributed by atoms with Crippen molar-refractivity contribution in [3.63, 3.8) is 0 Å². The Bertz CT molecular complexity index is 1080. The maximum atomic E-state index is 12.6. The maximum absolute atomic E-state index is 12.6. The number of anilines is 1. The molecule has 1 aromatic carbocycles. The number of aryl methyl sites for hydroxylation is 1. The number of carbonyl (C=O) groups is 2. The first kappa shape index (κ1) is 24.1. The SMILES string of the molecule is COC(=O)N1c2ccc3c(nc(COC4CCCCC4)n3C3CCC(C(=O)O)CC3)c2CCC1C. The monoisotopic (exact) mass is 483 g/mol. The van der Waals surface area contributed by atoms with Crippen molar-refractivity contribution in [3.8, 4) is 0 Å². The molecule has 2 aliphatic carbocycles. The van der Waals surface area contributed by atoms with Gasteiger partial charge in [0.2, 0.25) is 0 Å². The Morgan fingerprint density at radius 3 is 2.49 bits per heavy atom. The van der Waals surface area contributed by atoms with Crippen molar-refractivity contribution < 1.29 is 24.2 Å². The number of carboxylic acids is 1. The zero-order chi connectivity index (χ0) is 24.5. The number of methoxy groups -OCH3 is 1. The van der Waals surface area contributed by atoms with Crippen LogP contribution in [-0.2, 0) is 27.3 Å². The highest BCUT2D eigenvalue weighted by Gasteiger charge is 2.34. The molecule has 190 valence electrons. The predicted octanol–water partition coefficient (Wildman–Crippen LogP) is 5.61. The van der Waals surface area contributed by atoms with Gasteiger partial charge in [-0.25, -0.2) is 9.78 Å². The third kappa shape index (κ3) is 4.65. The lowest BCUT2D eigenvalue weighted by molar-refractivity contribution is -0.143. The number of aliphatic carboxylic acids is 1. The average molecular weight is 484 g/mol. The number of carboxylic acid groups (broad SMARTS) is 1. The number of aromatic nitrogens is 2. The van der Waals surface area contributed by atoms with Crippen LogP contribution in [0.2, 0.25) is 0 Å². The molecule has 0 spiro atoms. The van der Waals surface area contributed by atoms with Crippen LogP contribution in [0, 0.1) is 5.92 Å². The number of nitrogens with zero attached hydrogens (tertiary/aromatic N) is 3. The molecule has 0 bridgehead atoms. The summed E-state index contributed by atoms with van der Waals surface area (Å²) in [6.07, 6.45) is 10.6. The van der Waals surface area contributed by atoms with Gasteiger partial charge in [-0.05, 0) is 70.4 Å². The second-order valence-corrected chi connectivity index (χ2v) is 10.5. The van der Waals surface area contributed by atoms with E-state index in [0.29, 0.717) is 19.4 Å². The smallest absolute Gasteiger partial charge is 0.414 e. The van der Waals surface area contributed by atoms with Gasteiger partial charge in [0.05, 0.1) is 35.9 Å². The number of rotatable bonds is 5. The Morgan fingerprint density at radius 1 is 1.06 bits per heavy atom. The van der Waals surface area contributed by atoms with E-state index in [-0.39, 0.29) is 30.2 Å². The fourth-order valence-electron chi connectivity index (χ4n) is 6.34. The summed E-state index contributed by atoms with van der Waals surface area (Å²) in [5.41, 5.74) is 3.96. The molecule has 0 saturated heterocycles. The van der Waals surface area contributed by atoms with Crippen molar-refractivity contribution >= 4 is 28.8 Å². The molecule has 2 aromatic rings. The first-order chi connectivity index (χ1) is 17.0. The number of carbonyl (C=O) groups excluding carboxylic acids is 1. The summed E-state index contributed by atoms with van der Waals surface area (Å²) in [5.74, 6) is -0.0299. The second kappa shape index (κ2) is 10.2. The zero-order valence-corrected chi connectivity index (χ0v) is 20.9. The number of fused-ring (bicyclic) bond motifs is 3. The van der Waals surface area contributed by atoms with Gasteiger partial charge in [0.15, 0.2) is 0 Å². The van der Waals surface area contributed by atoms with Crippen LogP contribution >= 0.6 is 0 Å². The first-order valence-electron chi connectivity index (χ1n) is 13.2. The molecule has 8 nitrogen and oxygen atoms in total. The van der Waals surface area contributed by atoms with Crippen LogP contribution in [0.5, 0.6) is 0 Å². The maximum Gasteiger partial charge on any atom is 0.414 e. The Hall–Kier alpha value is -2.61. The highest BCUT2D eigenvalue weighted by atomic mass is 16.5. The van der Waals surface area contributed by atoms with Gasteiger partial charge in [-0.1, -0.05) is 19.3 Å². The van der Waals surface area contributed by atoms with Gasteiger partial charge >= 0.3 is 12.1 Å². The highest BCUT2D eigenvalue weighted by molar-refractivity contribution is 5.95. The standard InChI is InChI=1S/C27H37N3O5/c1-17-8-13-21-22(29(17)27(33)34-2)14-15-23-25(21)28-24(16-35-20-6-4-3-5-7-20)30(23)19-11-9-18(10-12-19)26(31)32/h14-15,17-20H,3-13,16H2,1-2H3,(H,31,32). The lowest BCUT2D eigenvalue weighted by Crippen LogP contribution is -2.42. The Balaban J connectivity index is 1.52. The predicted molar refractivity (Wildman–Crippen MR) is 133 cm³/mol. The topological polar surface area (TPSA) is 93.9 Å². The summed E-state index contributed by atoms with van der Waals surface area (Å²) in [4.78, 5) is 31.0. The normalized spacial score (nSPS) is 25.4. The zero-order valence-electron chi connectivity index (χ0n) is 20.9. The van der Waals surface area contributed by atoms with E-state index >= 15 is 0 Å². The minimum Gasteiger partial charge on any atom is -0.481 e. The Labute approximate surface area is 206 Å². The summed E-state index contributed by atoms with van der Waals surface area (Å²) in [6.45, 7) is 2.51. The van der Waals surface area contributed by atoms with Gasteiger partial charge in [-0.15, -0.1) is 0 Å². The number of hydrogen-bond donors (Lipinski definition) is 1. The average Bonchev–Trinajstić information content (AvgIpc) is 3.26. The van der Waals surface area contributed by atoms with Crippen molar-refractivity contribution in [1.82, 2.24) is 9.55 Å². The van der Waals surface area contributed by atoms with Gasteiger partial charge < -0.3 is 19.1 Å². The van der Waals surface area contributed by atoms with Crippen LogP contribution in [0.15, 0.2) is 12.1 Å². The van der Waals surface area contributed by atoms with Crippen molar-refractivity contribution in [2.24, 2.45) is 5.92 Å². The van der Waals surface area contributed by atoms with Gasteiger partial charge in [0.25, 0.3) is 0 Å². The summed E-state index contributed by atoms with van der Waals surface area (Å²) in [7, 11) is 1.42. The number of ether oxygens (including phenoxy) is 2. The molecular formula is C27H37N3O5. The van der Waals surface area contributed by atoms with E-state index in [1.54, 1.807) is 4.90 Å². The molecule has 0 radical (unpaired) electrons. The number of amides is 1. The molecule has 1 N–H and O–H groups in total. The van der Waals surface area contributed by atoms with Crippen LogP contribution in [-0.4, -0.2) is 46.0 Å². The lowest BCUT2D eigenvalue weighted by Gasteiger charge is -2.34. The molecule has 35 heavy (non-hydrogen) atoms. The van der Waals surface area contributed by atoms with Crippen molar-refractivity contribution in [2.75, 3.05) is 12.0 Å². The second-order valence-electron chi connectivity index (χ2n) is 10.5. The van der Waals surface area contributed by atoms with E-state index in [4.69, 9.17) is 14.5 Å². The number of imidazole rings is 1. The lowest BCUT2D eigenvalue weighted by atomic mass is 9.86. The van der Waals surface area contributed by atoms with E-state index < -0.39 is 5.97 Å². The molecule has 2 saturated carbocycles. The van der Waals surface area contributed by atoms with Crippen LogP contribution in [0.25, 0.3) is 11.0 Å². The van der Waals surface area contributed by atoms with E-state index in [1.165, 1.54) is 26.4 Å². The molecule has 8 heteroatoms. The van der Waals surface area contributed by atoms with Crippen LogP contribution in [0.4, 0.5) is 10.5 Å². The number of hydrogen-bond acceptors (Lipinski definition) is 5. The fourth-order valence-corrected chi connectivity index (χ4v) is 6.34. The third-order valence-electron chi connectivity index (χ3n) is 8.31. The minimum absolute atomic E-state index is 0.0647. The molecular weight excluding hydrogens is 446 g/mol. The fraction of sp³-hybridized carbons (Fsp3) is 0.667. The molecule has 1 amide bonds. The molecule has 1 unspecified atom stereocenters. The highest BCUT2D eigenvalue weighted by Crippen LogP contribution is 2.40. The van der Waals surface area contributed by atoms with Crippen LogP contribution in [0.3, 0.4) is 0 Å². The quantitative estimate of drug-likeness (QED) is 0.594. The van der Waals surface area contributed by atoms with Crippen molar-refractivity contribution in [3.05, 3.63) is 23.5 Å². The third-order valence-corrected chi connectivity index (χ3v) is 8.31. The molecule has 2 heterocycles. The van der Waals surface area contributed by atoms with Gasteiger partial charge in [-0.3, -0.25) is 9.69 Å². The molecule has 5 rings (SSSR count). The van der Waals surface area contributed by atoms with E-state index in [1.807, 2.05) is 13.0 Å².